The monoisotopic (exact) mass is 213 g/mol. The Labute approximate surface area is 92.8 Å². The van der Waals surface area contributed by atoms with E-state index in [2.05, 4.69) is 18.7 Å². The zero-order valence-corrected chi connectivity index (χ0v) is 10.5. The molecule has 3 nitrogen and oxygen atoms in total. The minimum Gasteiger partial charge on any atom is -0.380 e. The van der Waals surface area contributed by atoms with Crippen molar-refractivity contribution in [3.8, 4) is 0 Å². The lowest BCUT2D eigenvalue weighted by Crippen LogP contribution is -2.42. The van der Waals surface area contributed by atoms with Crippen molar-refractivity contribution in [1.29, 1.82) is 0 Å². The van der Waals surface area contributed by atoms with E-state index >= 15 is 0 Å². The van der Waals surface area contributed by atoms with Crippen LogP contribution >= 0.6 is 0 Å². The number of Topliss-reactive ketones (excluding diaryl/α,β-unsaturated/α-hetero) is 1. The van der Waals surface area contributed by atoms with Crippen molar-refractivity contribution in [1.82, 2.24) is 4.90 Å². The van der Waals surface area contributed by atoms with Gasteiger partial charge in [-0.1, -0.05) is 13.8 Å². The molecule has 3 heteroatoms. The summed E-state index contributed by atoms with van der Waals surface area (Å²) >= 11 is 0. The standard InChI is InChI=1S/C12H23NO2/c1-8(2)12(14)11-6-10(15-5)7-13(11)9(3)4/h8-11H,6-7H2,1-5H3/t10-,11?/m1/s1. The van der Waals surface area contributed by atoms with E-state index in [1.54, 1.807) is 7.11 Å². The molecule has 0 aromatic carbocycles. The largest absolute Gasteiger partial charge is 0.380 e. The zero-order chi connectivity index (χ0) is 11.6. The molecule has 2 atom stereocenters. The SMILES string of the molecule is CO[C@@H]1CC(C(=O)C(C)C)N(C(C)C)C1. The predicted molar refractivity (Wildman–Crippen MR) is 60.9 cm³/mol. The average Bonchev–Trinajstić information content (AvgIpc) is 2.60. The Morgan fingerprint density at radius 1 is 1.33 bits per heavy atom. The molecule has 0 spiro atoms. The number of methoxy groups -OCH3 is 1. The Hall–Kier alpha value is -0.410. The van der Waals surface area contributed by atoms with Crippen LogP contribution in [-0.2, 0) is 9.53 Å². The third kappa shape index (κ3) is 2.79. The molecule has 1 unspecified atom stereocenters. The van der Waals surface area contributed by atoms with Crippen molar-refractivity contribution < 1.29 is 9.53 Å². The lowest BCUT2D eigenvalue weighted by molar-refractivity contribution is -0.126. The van der Waals surface area contributed by atoms with Gasteiger partial charge in [-0.15, -0.1) is 0 Å². The summed E-state index contributed by atoms with van der Waals surface area (Å²) in [7, 11) is 1.73. The van der Waals surface area contributed by atoms with Gasteiger partial charge in [0, 0.05) is 25.6 Å². The first-order valence-corrected chi connectivity index (χ1v) is 5.79. The van der Waals surface area contributed by atoms with Crippen LogP contribution in [-0.4, -0.2) is 42.5 Å². The van der Waals surface area contributed by atoms with E-state index in [1.165, 1.54) is 0 Å². The van der Waals surface area contributed by atoms with Gasteiger partial charge in [-0.25, -0.2) is 0 Å². The van der Waals surface area contributed by atoms with Crippen LogP contribution in [0.1, 0.15) is 34.1 Å². The molecular weight excluding hydrogens is 190 g/mol. The lowest BCUT2D eigenvalue weighted by atomic mass is 9.99. The van der Waals surface area contributed by atoms with Crippen LogP contribution in [0, 0.1) is 5.92 Å². The molecule has 1 saturated heterocycles. The van der Waals surface area contributed by atoms with Gasteiger partial charge in [-0.3, -0.25) is 9.69 Å². The van der Waals surface area contributed by atoms with E-state index < -0.39 is 0 Å². The molecule has 0 N–H and O–H groups in total. The number of hydrogen-bond acceptors (Lipinski definition) is 3. The van der Waals surface area contributed by atoms with Gasteiger partial charge in [-0.2, -0.15) is 0 Å². The van der Waals surface area contributed by atoms with Crippen LogP contribution in [0.5, 0.6) is 0 Å². The van der Waals surface area contributed by atoms with Gasteiger partial charge in [0.15, 0.2) is 5.78 Å². The van der Waals surface area contributed by atoms with Crippen LogP contribution in [0.3, 0.4) is 0 Å². The molecule has 0 saturated carbocycles. The van der Waals surface area contributed by atoms with Crippen molar-refractivity contribution in [3.63, 3.8) is 0 Å². The summed E-state index contributed by atoms with van der Waals surface area (Å²) in [6.45, 7) is 9.11. The second kappa shape index (κ2) is 5.08. The molecule has 1 heterocycles. The summed E-state index contributed by atoms with van der Waals surface area (Å²) < 4.78 is 5.36. The van der Waals surface area contributed by atoms with Crippen LogP contribution < -0.4 is 0 Å². The summed E-state index contributed by atoms with van der Waals surface area (Å²) in [6, 6.07) is 0.479. The second-order valence-electron chi connectivity index (χ2n) is 4.96. The summed E-state index contributed by atoms with van der Waals surface area (Å²) in [5.41, 5.74) is 0. The molecule has 88 valence electrons. The van der Waals surface area contributed by atoms with E-state index in [4.69, 9.17) is 4.74 Å². The number of nitrogens with zero attached hydrogens (tertiary/aromatic N) is 1. The van der Waals surface area contributed by atoms with Crippen molar-refractivity contribution in [3.05, 3.63) is 0 Å². The quantitative estimate of drug-likeness (QED) is 0.712. The Morgan fingerprint density at radius 2 is 1.93 bits per heavy atom. The number of carbonyl (C=O) groups excluding carboxylic acids is 1. The molecule has 1 rings (SSSR count). The van der Waals surface area contributed by atoms with Gasteiger partial charge < -0.3 is 4.74 Å². The molecule has 1 aliphatic rings. The maximum Gasteiger partial charge on any atom is 0.152 e. The molecule has 1 aliphatic heterocycles. The van der Waals surface area contributed by atoms with Gasteiger partial charge in [0.2, 0.25) is 0 Å². The third-order valence-electron chi connectivity index (χ3n) is 3.20. The fourth-order valence-corrected chi connectivity index (χ4v) is 2.23. The van der Waals surface area contributed by atoms with Gasteiger partial charge in [0.25, 0.3) is 0 Å². The highest BCUT2D eigenvalue weighted by atomic mass is 16.5. The average molecular weight is 213 g/mol. The van der Waals surface area contributed by atoms with E-state index in [-0.39, 0.29) is 18.1 Å². The van der Waals surface area contributed by atoms with Crippen LogP contribution in [0.2, 0.25) is 0 Å². The Bertz CT molecular complexity index is 226. The Morgan fingerprint density at radius 3 is 2.33 bits per heavy atom. The van der Waals surface area contributed by atoms with Crippen LogP contribution in [0.15, 0.2) is 0 Å². The number of hydrogen-bond donors (Lipinski definition) is 0. The summed E-state index contributed by atoms with van der Waals surface area (Å²) in [5, 5.41) is 0. The maximum absolute atomic E-state index is 12.0. The third-order valence-corrected chi connectivity index (χ3v) is 3.20. The Balaban J connectivity index is 2.72. The van der Waals surface area contributed by atoms with Gasteiger partial charge in [0.1, 0.15) is 0 Å². The number of ether oxygens (including phenoxy) is 1. The fourth-order valence-electron chi connectivity index (χ4n) is 2.23. The summed E-state index contributed by atoms with van der Waals surface area (Å²) in [6.07, 6.45) is 1.08. The van der Waals surface area contributed by atoms with E-state index in [9.17, 15) is 4.79 Å². The highest BCUT2D eigenvalue weighted by molar-refractivity contribution is 5.86. The van der Waals surface area contributed by atoms with E-state index in [0.717, 1.165) is 13.0 Å². The molecule has 0 bridgehead atoms. The molecule has 0 aromatic heterocycles. The first kappa shape index (κ1) is 12.7. The first-order chi connectivity index (χ1) is 6.97. The predicted octanol–water partition coefficient (Wildman–Crippen LogP) is 1.71. The van der Waals surface area contributed by atoms with Crippen molar-refractivity contribution in [2.24, 2.45) is 5.92 Å². The second-order valence-corrected chi connectivity index (χ2v) is 4.96. The summed E-state index contributed by atoms with van der Waals surface area (Å²) in [5.74, 6) is 0.468. The molecule has 0 aromatic rings. The smallest absolute Gasteiger partial charge is 0.152 e. The normalized spacial score (nSPS) is 27.9. The van der Waals surface area contributed by atoms with Gasteiger partial charge in [0.05, 0.1) is 12.1 Å². The van der Waals surface area contributed by atoms with E-state index in [0.29, 0.717) is 11.8 Å². The molecule has 0 radical (unpaired) electrons. The number of ketones is 1. The summed E-state index contributed by atoms with van der Waals surface area (Å²) in [4.78, 5) is 14.3. The van der Waals surface area contributed by atoms with E-state index in [1.807, 2.05) is 13.8 Å². The molecule has 1 fully saturated rings. The topological polar surface area (TPSA) is 29.5 Å². The minimum absolute atomic E-state index is 0.0648. The van der Waals surface area contributed by atoms with Crippen molar-refractivity contribution >= 4 is 5.78 Å². The molecular formula is C12H23NO2. The maximum atomic E-state index is 12.0. The Kier molecular flexibility index (Phi) is 4.29. The zero-order valence-electron chi connectivity index (χ0n) is 10.5. The number of rotatable bonds is 4. The fraction of sp³-hybridized carbons (Fsp3) is 0.917. The lowest BCUT2D eigenvalue weighted by Gasteiger charge is -2.27. The number of carbonyl (C=O) groups is 1. The van der Waals surface area contributed by atoms with Crippen molar-refractivity contribution in [2.45, 2.75) is 52.3 Å². The highest BCUT2D eigenvalue weighted by Crippen LogP contribution is 2.24. The number of likely N-dealkylation sites (tertiary alicyclic amines) is 1. The van der Waals surface area contributed by atoms with Crippen LogP contribution in [0.4, 0.5) is 0 Å². The first-order valence-electron chi connectivity index (χ1n) is 5.79. The van der Waals surface area contributed by atoms with Gasteiger partial charge in [-0.05, 0) is 20.3 Å². The molecule has 0 aliphatic carbocycles. The molecule has 0 amide bonds. The van der Waals surface area contributed by atoms with Crippen LogP contribution in [0.25, 0.3) is 0 Å². The molecule has 15 heavy (non-hydrogen) atoms. The highest BCUT2D eigenvalue weighted by Gasteiger charge is 2.38. The van der Waals surface area contributed by atoms with Crippen molar-refractivity contribution in [2.75, 3.05) is 13.7 Å². The van der Waals surface area contributed by atoms with Gasteiger partial charge >= 0.3 is 0 Å². The minimum atomic E-state index is 0.0648.